The molecule has 1 atom stereocenters. The van der Waals surface area contributed by atoms with E-state index < -0.39 is 0 Å². The van der Waals surface area contributed by atoms with Crippen molar-refractivity contribution < 1.29 is 9.13 Å². The summed E-state index contributed by atoms with van der Waals surface area (Å²) in [7, 11) is 0. The molecule has 1 aromatic carbocycles. The van der Waals surface area contributed by atoms with Crippen molar-refractivity contribution in [1.82, 2.24) is 0 Å². The molecule has 1 unspecified atom stereocenters. The zero-order valence-electron chi connectivity index (χ0n) is 9.01. The standard InChI is InChI=1S/C12H15ClFNO/c13-11-6-10(14)3-4-12(11)15-7-9-2-1-5-16-8-9/h3-4,6,9,15H,1-2,5,7-8H2. The number of ether oxygens (including phenoxy) is 1. The maximum Gasteiger partial charge on any atom is 0.124 e. The van der Waals surface area contributed by atoms with E-state index >= 15 is 0 Å². The third kappa shape index (κ3) is 3.09. The molecule has 2 nitrogen and oxygen atoms in total. The van der Waals surface area contributed by atoms with Crippen LogP contribution in [0.3, 0.4) is 0 Å². The lowest BCUT2D eigenvalue weighted by Gasteiger charge is -2.22. The van der Waals surface area contributed by atoms with E-state index in [0.29, 0.717) is 10.9 Å². The Morgan fingerprint density at radius 1 is 1.50 bits per heavy atom. The molecule has 1 heterocycles. The lowest BCUT2D eigenvalue weighted by Crippen LogP contribution is -2.24. The smallest absolute Gasteiger partial charge is 0.124 e. The zero-order chi connectivity index (χ0) is 11.4. The summed E-state index contributed by atoms with van der Waals surface area (Å²) >= 11 is 5.91. The fourth-order valence-electron chi connectivity index (χ4n) is 1.86. The van der Waals surface area contributed by atoms with Gasteiger partial charge in [0.05, 0.1) is 17.3 Å². The Balaban J connectivity index is 1.88. The minimum Gasteiger partial charge on any atom is -0.383 e. The van der Waals surface area contributed by atoms with Gasteiger partial charge in [0.15, 0.2) is 0 Å². The second-order valence-corrected chi connectivity index (χ2v) is 4.50. The van der Waals surface area contributed by atoms with E-state index in [1.54, 1.807) is 6.07 Å². The third-order valence-corrected chi connectivity index (χ3v) is 3.08. The van der Waals surface area contributed by atoms with Gasteiger partial charge in [-0.2, -0.15) is 0 Å². The van der Waals surface area contributed by atoms with Crippen LogP contribution in [0, 0.1) is 11.7 Å². The van der Waals surface area contributed by atoms with Crippen molar-refractivity contribution in [2.75, 3.05) is 25.1 Å². The van der Waals surface area contributed by atoms with Gasteiger partial charge in [0.25, 0.3) is 0 Å². The maximum absolute atomic E-state index is 12.8. The highest BCUT2D eigenvalue weighted by atomic mass is 35.5. The van der Waals surface area contributed by atoms with Gasteiger partial charge in [-0.05, 0) is 37.0 Å². The molecule has 1 fully saturated rings. The summed E-state index contributed by atoms with van der Waals surface area (Å²) in [4.78, 5) is 0. The van der Waals surface area contributed by atoms with Crippen molar-refractivity contribution in [2.24, 2.45) is 5.92 Å². The van der Waals surface area contributed by atoms with Crippen LogP contribution in [0.15, 0.2) is 18.2 Å². The van der Waals surface area contributed by atoms with Crippen molar-refractivity contribution >= 4 is 17.3 Å². The molecule has 1 N–H and O–H groups in total. The molecule has 1 aromatic rings. The molecule has 0 amide bonds. The van der Waals surface area contributed by atoms with Crippen LogP contribution in [0.5, 0.6) is 0 Å². The van der Waals surface area contributed by atoms with Gasteiger partial charge in [-0.1, -0.05) is 11.6 Å². The number of rotatable bonds is 3. The van der Waals surface area contributed by atoms with Crippen molar-refractivity contribution in [3.8, 4) is 0 Å². The summed E-state index contributed by atoms with van der Waals surface area (Å²) in [5, 5.41) is 3.66. The molecular formula is C12H15ClFNO. The topological polar surface area (TPSA) is 21.3 Å². The van der Waals surface area contributed by atoms with Gasteiger partial charge >= 0.3 is 0 Å². The molecule has 88 valence electrons. The van der Waals surface area contributed by atoms with Gasteiger partial charge in [-0.15, -0.1) is 0 Å². The summed E-state index contributed by atoms with van der Waals surface area (Å²) < 4.78 is 18.2. The first kappa shape index (κ1) is 11.7. The van der Waals surface area contributed by atoms with Crippen LogP contribution < -0.4 is 5.32 Å². The van der Waals surface area contributed by atoms with Gasteiger partial charge in [-0.3, -0.25) is 0 Å². The van der Waals surface area contributed by atoms with Crippen molar-refractivity contribution in [3.63, 3.8) is 0 Å². The van der Waals surface area contributed by atoms with Crippen molar-refractivity contribution in [3.05, 3.63) is 29.0 Å². The molecule has 16 heavy (non-hydrogen) atoms. The monoisotopic (exact) mass is 243 g/mol. The molecule has 1 saturated heterocycles. The minimum absolute atomic E-state index is 0.309. The fourth-order valence-corrected chi connectivity index (χ4v) is 2.09. The van der Waals surface area contributed by atoms with Crippen LogP contribution in [-0.2, 0) is 4.74 Å². The number of anilines is 1. The Morgan fingerprint density at radius 2 is 2.38 bits per heavy atom. The molecule has 0 aromatic heterocycles. The van der Waals surface area contributed by atoms with E-state index in [9.17, 15) is 4.39 Å². The van der Waals surface area contributed by atoms with E-state index in [1.165, 1.54) is 18.6 Å². The Hall–Kier alpha value is -0.800. The summed E-state index contributed by atoms with van der Waals surface area (Å²) in [5.74, 6) is 0.214. The molecular weight excluding hydrogens is 229 g/mol. The first-order valence-electron chi connectivity index (χ1n) is 5.52. The molecule has 0 spiro atoms. The third-order valence-electron chi connectivity index (χ3n) is 2.77. The second kappa shape index (κ2) is 5.51. The van der Waals surface area contributed by atoms with Crippen LogP contribution >= 0.6 is 11.6 Å². The molecule has 4 heteroatoms. The largest absolute Gasteiger partial charge is 0.383 e. The van der Waals surface area contributed by atoms with Crippen molar-refractivity contribution in [1.29, 1.82) is 0 Å². The second-order valence-electron chi connectivity index (χ2n) is 4.09. The van der Waals surface area contributed by atoms with E-state index in [-0.39, 0.29) is 5.82 Å². The Bertz CT molecular complexity index is 353. The van der Waals surface area contributed by atoms with Gasteiger partial charge in [-0.25, -0.2) is 4.39 Å². The van der Waals surface area contributed by atoms with Crippen molar-refractivity contribution in [2.45, 2.75) is 12.8 Å². The summed E-state index contributed by atoms with van der Waals surface area (Å²) in [6.07, 6.45) is 2.29. The lowest BCUT2D eigenvalue weighted by molar-refractivity contribution is 0.0595. The zero-order valence-corrected chi connectivity index (χ0v) is 9.77. The molecule has 0 saturated carbocycles. The normalized spacial score (nSPS) is 20.8. The van der Waals surface area contributed by atoms with Crippen LogP contribution in [0.2, 0.25) is 5.02 Å². The number of hydrogen-bond donors (Lipinski definition) is 1. The summed E-state index contributed by atoms with van der Waals surface area (Å²) in [6, 6.07) is 4.40. The van der Waals surface area contributed by atoms with Crippen LogP contribution in [0.4, 0.5) is 10.1 Å². The van der Waals surface area contributed by atoms with Crippen LogP contribution in [0.1, 0.15) is 12.8 Å². The van der Waals surface area contributed by atoms with Gasteiger partial charge in [0, 0.05) is 13.2 Å². The average Bonchev–Trinajstić information content (AvgIpc) is 2.29. The maximum atomic E-state index is 12.8. The van der Waals surface area contributed by atoms with E-state index in [4.69, 9.17) is 16.3 Å². The predicted octanol–water partition coefficient (Wildman–Crippen LogP) is 3.32. The van der Waals surface area contributed by atoms with E-state index in [1.807, 2.05) is 0 Å². The van der Waals surface area contributed by atoms with Crippen LogP contribution in [0.25, 0.3) is 0 Å². The molecule has 0 radical (unpaired) electrons. The van der Waals surface area contributed by atoms with E-state index in [0.717, 1.165) is 31.9 Å². The molecule has 0 bridgehead atoms. The van der Waals surface area contributed by atoms with Gasteiger partial charge in [0.1, 0.15) is 5.82 Å². The Labute approximate surface area is 99.7 Å². The lowest BCUT2D eigenvalue weighted by atomic mass is 10.0. The van der Waals surface area contributed by atoms with Crippen LogP contribution in [-0.4, -0.2) is 19.8 Å². The first-order chi connectivity index (χ1) is 7.75. The fraction of sp³-hybridized carbons (Fsp3) is 0.500. The van der Waals surface area contributed by atoms with E-state index in [2.05, 4.69) is 5.32 Å². The number of halogens is 2. The van der Waals surface area contributed by atoms with Gasteiger partial charge < -0.3 is 10.1 Å². The number of nitrogens with one attached hydrogen (secondary N) is 1. The highest BCUT2D eigenvalue weighted by Crippen LogP contribution is 2.23. The molecule has 0 aliphatic carbocycles. The molecule has 1 aliphatic rings. The molecule has 2 rings (SSSR count). The number of benzene rings is 1. The highest BCUT2D eigenvalue weighted by molar-refractivity contribution is 6.33. The Morgan fingerprint density at radius 3 is 3.06 bits per heavy atom. The first-order valence-corrected chi connectivity index (χ1v) is 5.90. The predicted molar refractivity (Wildman–Crippen MR) is 63.4 cm³/mol. The summed E-state index contributed by atoms with van der Waals surface area (Å²) in [6.45, 7) is 2.49. The Kier molecular flexibility index (Phi) is 4.02. The minimum atomic E-state index is -0.309. The average molecular weight is 244 g/mol. The quantitative estimate of drug-likeness (QED) is 0.880. The molecule has 1 aliphatic heterocycles. The number of hydrogen-bond acceptors (Lipinski definition) is 2. The summed E-state index contributed by atoms with van der Waals surface area (Å²) in [5.41, 5.74) is 0.786. The SMILES string of the molecule is Fc1ccc(NCC2CCCOC2)c(Cl)c1. The van der Waals surface area contributed by atoms with Gasteiger partial charge in [0.2, 0.25) is 0 Å². The highest BCUT2D eigenvalue weighted by Gasteiger charge is 2.13.